The SMILES string of the molecule is CCCNCC(COC)Oc1ccc(Br)cc1C. The van der Waals surface area contributed by atoms with Gasteiger partial charge in [-0.2, -0.15) is 0 Å². The quantitative estimate of drug-likeness (QED) is 0.747. The molecule has 1 rings (SSSR count). The molecule has 4 heteroatoms. The first-order chi connectivity index (χ1) is 8.67. The predicted octanol–water partition coefficient (Wildman–Crippen LogP) is 3.15. The molecule has 0 saturated carbocycles. The fraction of sp³-hybridized carbons (Fsp3) is 0.571. The molecule has 3 nitrogen and oxygen atoms in total. The van der Waals surface area contributed by atoms with E-state index in [0.717, 1.165) is 35.3 Å². The van der Waals surface area contributed by atoms with E-state index in [4.69, 9.17) is 9.47 Å². The summed E-state index contributed by atoms with van der Waals surface area (Å²) in [5, 5.41) is 3.36. The van der Waals surface area contributed by atoms with E-state index in [0.29, 0.717) is 6.61 Å². The van der Waals surface area contributed by atoms with Gasteiger partial charge in [-0.25, -0.2) is 0 Å². The molecule has 0 aliphatic rings. The van der Waals surface area contributed by atoms with Gasteiger partial charge in [0.1, 0.15) is 11.9 Å². The summed E-state index contributed by atoms with van der Waals surface area (Å²) in [6.07, 6.45) is 1.17. The maximum absolute atomic E-state index is 5.98. The minimum atomic E-state index is 0.0430. The molecule has 1 atom stereocenters. The van der Waals surface area contributed by atoms with Crippen LogP contribution in [0.4, 0.5) is 0 Å². The van der Waals surface area contributed by atoms with Crippen LogP contribution in [0.5, 0.6) is 5.75 Å². The normalized spacial score (nSPS) is 12.4. The first-order valence-corrected chi connectivity index (χ1v) is 7.09. The van der Waals surface area contributed by atoms with Gasteiger partial charge in [0.15, 0.2) is 0 Å². The summed E-state index contributed by atoms with van der Waals surface area (Å²) in [6.45, 7) is 6.59. The van der Waals surface area contributed by atoms with Crippen LogP contribution in [-0.4, -0.2) is 32.9 Å². The topological polar surface area (TPSA) is 30.5 Å². The highest BCUT2D eigenvalue weighted by Crippen LogP contribution is 2.23. The fourth-order valence-corrected chi connectivity index (χ4v) is 2.16. The summed E-state index contributed by atoms with van der Waals surface area (Å²) < 4.78 is 12.2. The lowest BCUT2D eigenvalue weighted by atomic mass is 10.2. The van der Waals surface area contributed by atoms with Gasteiger partial charge in [-0.05, 0) is 43.7 Å². The van der Waals surface area contributed by atoms with Crippen molar-refractivity contribution >= 4 is 15.9 Å². The van der Waals surface area contributed by atoms with Gasteiger partial charge in [-0.3, -0.25) is 0 Å². The molecule has 0 heterocycles. The Bertz CT molecular complexity index is 358. The Morgan fingerprint density at radius 2 is 2.17 bits per heavy atom. The molecule has 0 aromatic heterocycles. The molecule has 18 heavy (non-hydrogen) atoms. The summed E-state index contributed by atoms with van der Waals surface area (Å²) >= 11 is 3.45. The maximum atomic E-state index is 5.98. The number of hydrogen-bond acceptors (Lipinski definition) is 3. The minimum absolute atomic E-state index is 0.0430. The van der Waals surface area contributed by atoms with Crippen LogP contribution < -0.4 is 10.1 Å². The first-order valence-electron chi connectivity index (χ1n) is 6.29. The zero-order chi connectivity index (χ0) is 13.4. The lowest BCUT2D eigenvalue weighted by Crippen LogP contribution is -2.35. The van der Waals surface area contributed by atoms with Gasteiger partial charge in [0, 0.05) is 18.1 Å². The standard InChI is InChI=1S/C14H22BrNO2/c1-4-7-16-9-13(10-17-3)18-14-6-5-12(15)8-11(14)2/h5-6,8,13,16H,4,7,9-10H2,1-3H3. The smallest absolute Gasteiger partial charge is 0.134 e. The molecule has 1 aromatic rings. The van der Waals surface area contributed by atoms with Gasteiger partial charge in [0.25, 0.3) is 0 Å². The largest absolute Gasteiger partial charge is 0.486 e. The number of benzene rings is 1. The lowest BCUT2D eigenvalue weighted by molar-refractivity contribution is 0.0803. The number of rotatable bonds is 8. The molecule has 0 fully saturated rings. The van der Waals surface area contributed by atoms with E-state index < -0.39 is 0 Å². The van der Waals surface area contributed by atoms with Gasteiger partial charge in [-0.15, -0.1) is 0 Å². The molecular formula is C14H22BrNO2. The zero-order valence-electron chi connectivity index (χ0n) is 11.3. The van der Waals surface area contributed by atoms with E-state index in [-0.39, 0.29) is 6.10 Å². The Kier molecular flexibility index (Phi) is 7.32. The van der Waals surface area contributed by atoms with Crippen molar-refractivity contribution in [1.82, 2.24) is 5.32 Å². The number of nitrogens with one attached hydrogen (secondary N) is 1. The molecule has 0 spiro atoms. The summed E-state index contributed by atoms with van der Waals surface area (Å²) in [4.78, 5) is 0. The Morgan fingerprint density at radius 1 is 1.39 bits per heavy atom. The van der Waals surface area contributed by atoms with Crippen molar-refractivity contribution in [3.05, 3.63) is 28.2 Å². The number of halogens is 1. The summed E-state index contributed by atoms with van der Waals surface area (Å²) in [5.74, 6) is 0.915. The highest BCUT2D eigenvalue weighted by Gasteiger charge is 2.11. The Hall–Kier alpha value is -0.580. The minimum Gasteiger partial charge on any atom is -0.486 e. The Morgan fingerprint density at radius 3 is 2.78 bits per heavy atom. The molecule has 1 aromatic carbocycles. The van der Waals surface area contributed by atoms with Crippen molar-refractivity contribution in [2.75, 3.05) is 26.8 Å². The van der Waals surface area contributed by atoms with Gasteiger partial charge >= 0.3 is 0 Å². The Balaban J connectivity index is 2.58. The van der Waals surface area contributed by atoms with Gasteiger partial charge in [-0.1, -0.05) is 22.9 Å². The Labute approximate surface area is 118 Å². The second-order valence-corrected chi connectivity index (χ2v) is 5.22. The van der Waals surface area contributed by atoms with Crippen molar-refractivity contribution in [2.45, 2.75) is 26.4 Å². The molecule has 0 aliphatic heterocycles. The van der Waals surface area contributed by atoms with E-state index in [1.54, 1.807) is 7.11 Å². The molecule has 1 N–H and O–H groups in total. The van der Waals surface area contributed by atoms with E-state index >= 15 is 0 Å². The highest BCUT2D eigenvalue weighted by molar-refractivity contribution is 9.10. The van der Waals surface area contributed by atoms with Crippen LogP contribution in [0.3, 0.4) is 0 Å². The number of hydrogen-bond donors (Lipinski definition) is 1. The van der Waals surface area contributed by atoms with Crippen LogP contribution in [0, 0.1) is 6.92 Å². The van der Waals surface area contributed by atoms with Gasteiger partial charge in [0.2, 0.25) is 0 Å². The van der Waals surface area contributed by atoms with Crippen molar-refractivity contribution in [2.24, 2.45) is 0 Å². The van der Waals surface area contributed by atoms with Crippen LogP contribution in [-0.2, 0) is 4.74 Å². The average Bonchev–Trinajstić information content (AvgIpc) is 2.33. The van der Waals surface area contributed by atoms with Crippen LogP contribution in [0.25, 0.3) is 0 Å². The first kappa shape index (κ1) is 15.5. The van der Waals surface area contributed by atoms with E-state index in [2.05, 4.69) is 34.2 Å². The molecule has 1 unspecified atom stereocenters. The molecule has 0 amide bonds. The summed E-state index contributed by atoms with van der Waals surface area (Å²) in [6, 6.07) is 6.03. The zero-order valence-corrected chi connectivity index (χ0v) is 12.9. The second-order valence-electron chi connectivity index (χ2n) is 4.31. The van der Waals surface area contributed by atoms with Crippen molar-refractivity contribution in [1.29, 1.82) is 0 Å². The van der Waals surface area contributed by atoms with E-state index in [1.807, 2.05) is 19.1 Å². The number of aryl methyl sites for hydroxylation is 1. The molecule has 0 bridgehead atoms. The molecular weight excluding hydrogens is 294 g/mol. The predicted molar refractivity (Wildman–Crippen MR) is 78.3 cm³/mol. The third kappa shape index (κ3) is 5.38. The fourth-order valence-electron chi connectivity index (χ4n) is 1.68. The van der Waals surface area contributed by atoms with Crippen molar-refractivity contribution < 1.29 is 9.47 Å². The second kappa shape index (κ2) is 8.51. The molecule has 0 radical (unpaired) electrons. The van der Waals surface area contributed by atoms with Crippen LogP contribution in [0.15, 0.2) is 22.7 Å². The van der Waals surface area contributed by atoms with Crippen LogP contribution in [0.2, 0.25) is 0 Å². The molecule has 0 saturated heterocycles. The van der Waals surface area contributed by atoms with Gasteiger partial charge < -0.3 is 14.8 Å². The highest BCUT2D eigenvalue weighted by atomic mass is 79.9. The van der Waals surface area contributed by atoms with Crippen LogP contribution >= 0.6 is 15.9 Å². The molecule has 0 aliphatic carbocycles. The third-order valence-corrected chi connectivity index (χ3v) is 3.08. The monoisotopic (exact) mass is 315 g/mol. The summed E-state index contributed by atoms with van der Waals surface area (Å²) in [7, 11) is 1.70. The van der Waals surface area contributed by atoms with E-state index in [1.165, 1.54) is 0 Å². The summed E-state index contributed by atoms with van der Waals surface area (Å²) in [5.41, 5.74) is 1.13. The lowest BCUT2D eigenvalue weighted by Gasteiger charge is -2.20. The van der Waals surface area contributed by atoms with Crippen LogP contribution in [0.1, 0.15) is 18.9 Å². The maximum Gasteiger partial charge on any atom is 0.134 e. The van der Waals surface area contributed by atoms with E-state index in [9.17, 15) is 0 Å². The van der Waals surface area contributed by atoms with Crippen molar-refractivity contribution in [3.8, 4) is 5.75 Å². The average molecular weight is 316 g/mol. The third-order valence-electron chi connectivity index (χ3n) is 2.58. The number of ether oxygens (including phenoxy) is 2. The van der Waals surface area contributed by atoms with Gasteiger partial charge in [0.05, 0.1) is 6.61 Å². The number of methoxy groups -OCH3 is 1. The van der Waals surface area contributed by atoms with Crippen molar-refractivity contribution in [3.63, 3.8) is 0 Å². The molecule has 102 valence electrons.